The molecule has 1 fully saturated rings. The van der Waals surface area contributed by atoms with Gasteiger partial charge in [0.15, 0.2) is 6.73 Å². The minimum Gasteiger partial charge on any atom is -0.432 e. The molecule has 1 aliphatic rings. The van der Waals surface area contributed by atoms with E-state index in [0.717, 1.165) is 41.8 Å². The van der Waals surface area contributed by atoms with Crippen LogP contribution in [0.15, 0.2) is 34.1 Å². The minimum atomic E-state index is -0.785. The van der Waals surface area contributed by atoms with Crippen molar-refractivity contribution >= 4 is 28.9 Å². The first-order valence-corrected chi connectivity index (χ1v) is 10.3. The summed E-state index contributed by atoms with van der Waals surface area (Å²) in [5.74, 6) is 0. The SMILES string of the molecule is Cc1cn(COC(=O)OC(C)C)c(=O)c2cccc(SN3CCC(N)CC3)c12. The molecule has 152 valence electrons. The highest BCUT2D eigenvalue weighted by Crippen LogP contribution is 2.32. The van der Waals surface area contributed by atoms with E-state index in [2.05, 4.69) is 4.31 Å². The third-order valence-electron chi connectivity index (χ3n) is 4.64. The van der Waals surface area contributed by atoms with Gasteiger partial charge in [0, 0.05) is 41.0 Å². The van der Waals surface area contributed by atoms with Crippen molar-refractivity contribution in [3.63, 3.8) is 0 Å². The minimum absolute atomic E-state index is 0.178. The van der Waals surface area contributed by atoms with E-state index >= 15 is 0 Å². The van der Waals surface area contributed by atoms with Gasteiger partial charge >= 0.3 is 6.16 Å². The van der Waals surface area contributed by atoms with Gasteiger partial charge in [-0.1, -0.05) is 6.07 Å². The Morgan fingerprint density at radius 3 is 2.71 bits per heavy atom. The van der Waals surface area contributed by atoms with Crippen LogP contribution >= 0.6 is 11.9 Å². The van der Waals surface area contributed by atoms with E-state index < -0.39 is 6.16 Å². The van der Waals surface area contributed by atoms with E-state index in [9.17, 15) is 9.59 Å². The average molecular weight is 406 g/mol. The Bertz CT molecular complexity index is 904. The molecule has 0 amide bonds. The summed E-state index contributed by atoms with van der Waals surface area (Å²) < 4.78 is 13.7. The van der Waals surface area contributed by atoms with Crippen molar-refractivity contribution in [1.29, 1.82) is 0 Å². The summed E-state index contributed by atoms with van der Waals surface area (Å²) in [5.41, 5.74) is 6.75. The number of rotatable bonds is 5. The molecule has 2 N–H and O–H groups in total. The first-order chi connectivity index (χ1) is 13.3. The second kappa shape index (κ2) is 8.98. The molecule has 0 atom stereocenters. The number of carbonyl (C=O) groups is 1. The molecule has 1 aromatic heterocycles. The van der Waals surface area contributed by atoms with E-state index in [-0.39, 0.29) is 24.4 Å². The lowest BCUT2D eigenvalue weighted by Crippen LogP contribution is -2.36. The Balaban J connectivity index is 1.84. The fourth-order valence-corrected chi connectivity index (χ4v) is 4.43. The Morgan fingerprint density at radius 1 is 1.32 bits per heavy atom. The fraction of sp³-hybridized carbons (Fsp3) is 0.500. The number of nitrogens with zero attached hydrogens (tertiary/aromatic N) is 2. The summed E-state index contributed by atoms with van der Waals surface area (Å²) in [7, 11) is 0. The van der Waals surface area contributed by atoms with E-state index in [1.165, 1.54) is 4.57 Å². The fourth-order valence-electron chi connectivity index (χ4n) is 3.25. The Labute approximate surface area is 168 Å². The predicted octanol–water partition coefficient (Wildman–Crippen LogP) is 3.26. The Kier molecular flexibility index (Phi) is 6.64. The molecule has 0 saturated carbocycles. The molecule has 8 heteroatoms. The van der Waals surface area contributed by atoms with Gasteiger partial charge in [-0.3, -0.25) is 9.36 Å². The van der Waals surface area contributed by atoms with Crippen LogP contribution < -0.4 is 11.3 Å². The maximum absolute atomic E-state index is 12.9. The van der Waals surface area contributed by atoms with E-state index in [4.69, 9.17) is 15.2 Å². The second-order valence-corrected chi connectivity index (χ2v) is 8.45. The van der Waals surface area contributed by atoms with Crippen molar-refractivity contribution in [3.8, 4) is 0 Å². The first-order valence-electron chi connectivity index (χ1n) is 9.50. The molecule has 0 spiro atoms. The van der Waals surface area contributed by atoms with Crippen molar-refractivity contribution in [2.24, 2.45) is 5.73 Å². The van der Waals surface area contributed by atoms with Gasteiger partial charge in [-0.2, -0.15) is 0 Å². The summed E-state index contributed by atoms with van der Waals surface area (Å²) in [4.78, 5) is 25.6. The second-order valence-electron chi connectivity index (χ2n) is 7.31. The van der Waals surface area contributed by atoms with Crippen LogP contribution in [0, 0.1) is 6.92 Å². The topological polar surface area (TPSA) is 86.8 Å². The highest BCUT2D eigenvalue weighted by atomic mass is 32.2. The van der Waals surface area contributed by atoms with Crippen LogP contribution in [0.4, 0.5) is 4.79 Å². The molecule has 0 radical (unpaired) electrons. The van der Waals surface area contributed by atoms with Crippen LogP contribution in [0.25, 0.3) is 10.8 Å². The Hall–Kier alpha value is -2.03. The smallest absolute Gasteiger partial charge is 0.432 e. The van der Waals surface area contributed by atoms with Crippen LogP contribution in [-0.4, -0.2) is 40.3 Å². The zero-order valence-electron chi connectivity index (χ0n) is 16.5. The van der Waals surface area contributed by atoms with Gasteiger partial charge in [0.05, 0.1) is 6.10 Å². The van der Waals surface area contributed by atoms with E-state index in [0.29, 0.717) is 5.39 Å². The number of benzene rings is 1. The van der Waals surface area contributed by atoms with Gasteiger partial charge in [0.1, 0.15) is 0 Å². The number of hydrogen-bond donors (Lipinski definition) is 1. The summed E-state index contributed by atoms with van der Waals surface area (Å²) in [6.45, 7) is 7.13. The number of ether oxygens (including phenoxy) is 2. The van der Waals surface area contributed by atoms with Crippen LogP contribution in [0.5, 0.6) is 0 Å². The summed E-state index contributed by atoms with van der Waals surface area (Å²) in [6, 6.07) is 6.01. The maximum atomic E-state index is 12.9. The van der Waals surface area contributed by atoms with Crippen LogP contribution in [0.3, 0.4) is 0 Å². The average Bonchev–Trinajstić information content (AvgIpc) is 2.64. The number of aryl methyl sites for hydroxylation is 1. The van der Waals surface area contributed by atoms with Crippen LogP contribution in [0.1, 0.15) is 32.3 Å². The highest BCUT2D eigenvalue weighted by molar-refractivity contribution is 7.97. The zero-order chi connectivity index (χ0) is 20.3. The number of pyridine rings is 1. The quantitative estimate of drug-likeness (QED) is 0.603. The predicted molar refractivity (Wildman–Crippen MR) is 110 cm³/mol. The molecule has 1 saturated heterocycles. The van der Waals surface area contributed by atoms with E-state index in [1.807, 2.05) is 25.1 Å². The van der Waals surface area contributed by atoms with Gasteiger partial charge < -0.3 is 15.2 Å². The summed E-state index contributed by atoms with van der Waals surface area (Å²) in [5, 5.41) is 1.55. The third kappa shape index (κ3) is 4.87. The summed E-state index contributed by atoms with van der Waals surface area (Å²) in [6.07, 6.45) is 2.63. The molecular formula is C20H27N3O4S. The molecule has 2 aromatic rings. The number of carbonyl (C=O) groups excluding carboxylic acids is 1. The number of aromatic nitrogens is 1. The molecule has 28 heavy (non-hydrogen) atoms. The number of nitrogens with two attached hydrogens (primary N) is 1. The lowest BCUT2D eigenvalue weighted by molar-refractivity contribution is 0.0153. The van der Waals surface area contributed by atoms with Crippen molar-refractivity contribution < 1.29 is 14.3 Å². The molecule has 0 aliphatic carbocycles. The maximum Gasteiger partial charge on any atom is 0.510 e. The molecule has 1 aromatic carbocycles. The zero-order valence-corrected chi connectivity index (χ0v) is 17.3. The van der Waals surface area contributed by atoms with Gasteiger partial charge in [-0.15, -0.1) is 0 Å². The summed E-state index contributed by atoms with van der Waals surface area (Å²) >= 11 is 1.67. The third-order valence-corrected chi connectivity index (χ3v) is 5.80. The molecule has 0 unspecified atom stereocenters. The molecule has 1 aliphatic heterocycles. The lowest BCUT2D eigenvalue weighted by Gasteiger charge is -2.29. The van der Waals surface area contributed by atoms with Gasteiger partial charge in [-0.05, 0) is 63.3 Å². The Morgan fingerprint density at radius 2 is 2.04 bits per heavy atom. The largest absolute Gasteiger partial charge is 0.510 e. The van der Waals surface area contributed by atoms with Gasteiger partial charge in [-0.25, -0.2) is 9.10 Å². The molecule has 7 nitrogen and oxygen atoms in total. The van der Waals surface area contributed by atoms with Crippen molar-refractivity contribution in [2.45, 2.75) is 57.4 Å². The highest BCUT2D eigenvalue weighted by Gasteiger charge is 2.19. The van der Waals surface area contributed by atoms with Gasteiger partial charge in [0.25, 0.3) is 5.56 Å². The van der Waals surface area contributed by atoms with Crippen molar-refractivity contribution in [1.82, 2.24) is 8.87 Å². The molecule has 0 bridgehead atoms. The van der Waals surface area contributed by atoms with Gasteiger partial charge in [0.2, 0.25) is 0 Å². The molecule has 2 heterocycles. The van der Waals surface area contributed by atoms with Crippen molar-refractivity contribution in [2.75, 3.05) is 13.1 Å². The van der Waals surface area contributed by atoms with Crippen molar-refractivity contribution in [3.05, 3.63) is 40.3 Å². The standard InChI is InChI=1S/C20H27N3O4S/c1-13(2)27-20(25)26-12-22-11-14(3)18-16(19(22)24)5-4-6-17(18)28-23-9-7-15(21)8-10-23/h4-6,11,13,15H,7-10,12,21H2,1-3H3. The number of piperidine rings is 1. The monoisotopic (exact) mass is 405 g/mol. The van der Waals surface area contributed by atoms with Crippen LogP contribution in [0.2, 0.25) is 0 Å². The number of fused-ring (bicyclic) bond motifs is 1. The number of hydrogen-bond acceptors (Lipinski definition) is 7. The lowest BCUT2D eigenvalue weighted by atomic mass is 10.1. The molecular weight excluding hydrogens is 378 g/mol. The van der Waals surface area contributed by atoms with Crippen LogP contribution in [-0.2, 0) is 16.2 Å². The first kappa shape index (κ1) is 20.7. The molecule has 3 rings (SSSR count). The van der Waals surface area contributed by atoms with E-state index in [1.54, 1.807) is 32.0 Å². The normalized spacial score (nSPS) is 15.9.